The molecule has 0 spiro atoms. The average molecular weight is 936 g/mol. The Morgan fingerprint density at radius 2 is 0.846 bits per heavy atom. The Morgan fingerprint density at radius 1 is 0.508 bits per heavy atom. The summed E-state index contributed by atoms with van der Waals surface area (Å²) in [6, 6.07) is -0.873. The number of aliphatic hydroxyl groups excluding tert-OH is 1. The summed E-state index contributed by atoms with van der Waals surface area (Å²) in [5.74, 6) is -0.194. The largest absolute Gasteiger partial charge is 0.472 e. The van der Waals surface area contributed by atoms with Crippen molar-refractivity contribution >= 4 is 13.7 Å². The molecule has 0 aromatic rings. The highest BCUT2D eigenvalue weighted by Crippen LogP contribution is 2.43. The zero-order valence-electron chi connectivity index (χ0n) is 43.5. The summed E-state index contributed by atoms with van der Waals surface area (Å²) in [5, 5.41) is 13.9. The van der Waals surface area contributed by atoms with Gasteiger partial charge in [-0.1, -0.05) is 223 Å². The van der Waals surface area contributed by atoms with E-state index in [-0.39, 0.29) is 19.1 Å². The van der Waals surface area contributed by atoms with Crippen molar-refractivity contribution in [1.82, 2.24) is 5.32 Å². The van der Waals surface area contributed by atoms with Crippen LogP contribution in [0.1, 0.15) is 251 Å². The summed E-state index contributed by atoms with van der Waals surface area (Å²) < 4.78 is 23.7. The predicted octanol–water partition coefficient (Wildman–Crippen LogP) is 16.4. The van der Waals surface area contributed by atoms with Crippen LogP contribution in [0.2, 0.25) is 0 Å². The van der Waals surface area contributed by atoms with Crippen LogP contribution in [0.15, 0.2) is 48.6 Å². The zero-order valence-corrected chi connectivity index (χ0v) is 44.4. The van der Waals surface area contributed by atoms with Crippen molar-refractivity contribution in [2.75, 3.05) is 40.9 Å². The molecule has 65 heavy (non-hydrogen) atoms. The lowest BCUT2D eigenvalue weighted by molar-refractivity contribution is -0.870. The Bertz CT molecular complexity index is 1200. The first-order chi connectivity index (χ1) is 31.5. The number of aliphatic hydroxyl groups is 1. The van der Waals surface area contributed by atoms with Gasteiger partial charge in [-0.15, -0.1) is 0 Å². The van der Waals surface area contributed by atoms with Crippen LogP contribution in [0.4, 0.5) is 0 Å². The van der Waals surface area contributed by atoms with Gasteiger partial charge in [-0.25, -0.2) is 4.57 Å². The molecule has 9 heteroatoms. The van der Waals surface area contributed by atoms with Crippen LogP contribution in [0.25, 0.3) is 0 Å². The molecule has 3 N–H and O–H groups in total. The van der Waals surface area contributed by atoms with Crippen molar-refractivity contribution in [2.24, 2.45) is 0 Å². The minimum absolute atomic E-state index is 0.0521. The highest BCUT2D eigenvalue weighted by Gasteiger charge is 2.27. The number of carbonyl (C=O) groups is 1. The minimum atomic E-state index is -4.36. The molecule has 0 aliphatic carbocycles. The van der Waals surface area contributed by atoms with Gasteiger partial charge >= 0.3 is 7.82 Å². The average Bonchev–Trinajstić information content (AvgIpc) is 3.26. The molecule has 0 aromatic carbocycles. The number of hydrogen-bond donors (Lipinski definition) is 3. The van der Waals surface area contributed by atoms with Gasteiger partial charge in [-0.05, 0) is 70.6 Å². The molecule has 382 valence electrons. The number of nitrogens with zero attached hydrogens (tertiary/aromatic N) is 1. The monoisotopic (exact) mass is 936 g/mol. The normalized spacial score (nSPS) is 14.4. The quantitative estimate of drug-likeness (QED) is 0.0243. The van der Waals surface area contributed by atoms with Crippen LogP contribution in [0.3, 0.4) is 0 Å². The van der Waals surface area contributed by atoms with E-state index in [0.29, 0.717) is 17.4 Å². The van der Waals surface area contributed by atoms with Crippen LogP contribution in [-0.4, -0.2) is 73.4 Å². The molecule has 0 aromatic heterocycles. The summed E-state index contributed by atoms with van der Waals surface area (Å²) in [4.78, 5) is 23.2. The second-order valence-corrected chi connectivity index (χ2v) is 21.4. The number of allylic oxidation sites excluding steroid dienone is 7. The van der Waals surface area contributed by atoms with E-state index in [4.69, 9.17) is 9.05 Å². The Labute approximate surface area is 403 Å². The number of likely N-dealkylation sites (N-methyl/N-ethyl adjacent to an activating group) is 1. The number of quaternary nitrogens is 1. The fraction of sp³-hybridized carbons (Fsp3) is 0.839. The molecular formula is C56H108N2O6P+. The molecule has 3 unspecified atom stereocenters. The number of carbonyl (C=O) groups excluding carboxylic acids is 1. The minimum Gasteiger partial charge on any atom is -0.387 e. The van der Waals surface area contributed by atoms with Gasteiger partial charge in [0, 0.05) is 6.42 Å². The lowest BCUT2D eigenvalue weighted by Gasteiger charge is -2.25. The van der Waals surface area contributed by atoms with Gasteiger partial charge in [0.2, 0.25) is 5.91 Å². The third kappa shape index (κ3) is 50.2. The summed E-state index contributed by atoms with van der Waals surface area (Å²) in [6.45, 7) is 4.80. The number of phosphoric ester groups is 1. The SMILES string of the molecule is CCCCCCCCCCC/C=C\CCCCCCCCCC(=O)NC(COP(=O)(O)OCC[N+](C)(C)C)C(O)/C=C/CC/C=C/CC/C=C/CCCCCCCCCCCCCCC. The summed E-state index contributed by atoms with van der Waals surface area (Å²) in [7, 11) is 1.55. The lowest BCUT2D eigenvalue weighted by atomic mass is 10.0. The molecule has 3 atom stereocenters. The van der Waals surface area contributed by atoms with Gasteiger partial charge in [0.15, 0.2) is 0 Å². The first-order valence-electron chi connectivity index (χ1n) is 27.5. The number of nitrogens with one attached hydrogen (secondary N) is 1. The van der Waals surface area contributed by atoms with E-state index in [1.54, 1.807) is 6.08 Å². The third-order valence-corrected chi connectivity index (χ3v) is 13.2. The standard InChI is InChI=1S/C56H107N2O6P/c1-6-8-10-12-14-16-18-20-22-24-26-28-29-30-31-33-35-37-39-41-43-45-47-49-55(59)54(53-64-65(61,62)63-52-51-58(3,4)5)57-56(60)50-48-46-44-42-40-38-36-34-32-27-25-23-21-19-17-15-13-11-9-7-2/h27,31-33,39,41,47,49,54-55,59H,6-26,28-30,34-38,40,42-46,48,50-53H2,1-5H3,(H-,57,60,61,62)/p+1/b32-27-,33-31+,41-39+,49-47+. The molecule has 0 aliphatic rings. The molecule has 0 rings (SSSR count). The molecule has 0 bridgehead atoms. The summed E-state index contributed by atoms with van der Waals surface area (Å²) >= 11 is 0. The maximum Gasteiger partial charge on any atom is 0.472 e. The highest BCUT2D eigenvalue weighted by atomic mass is 31.2. The number of phosphoric acid groups is 1. The summed E-state index contributed by atoms with van der Waals surface area (Å²) in [6.07, 6.45) is 62.1. The van der Waals surface area contributed by atoms with E-state index < -0.39 is 20.0 Å². The second-order valence-electron chi connectivity index (χ2n) is 19.9. The molecule has 0 fully saturated rings. The van der Waals surface area contributed by atoms with Gasteiger partial charge in [0.05, 0.1) is 39.9 Å². The molecular weight excluding hydrogens is 828 g/mol. The summed E-state index contributed by atoms with van der Waals surface area (Å²) in [5.41, 5.74) is 0. The molecule has 0 saturated heterocycles. The van der Waals surface area contributed by atoms with Crippen molar-refractivity contribution in [2.45, 2.75) is 264 Å². The fourth-order valence-electron chi connectivity index (χ4n) is 7.89. The van der Waals surface area contributed by atoms with Crippen LogP contribution in [0.5, 0.6) is 0 Å². The van der Waals surface area contributed by atoms with Crippen molar-refractivity contribution in [3.63, 3.8) is 0 Å². The smallest absolute Gasteiger partial charge is 0.387 e. The van der Waals surface area contributed by atoms with Crippen LogP contribution >= 0.6 is 7.82 Å². The molecule has 0 heterocycles. The van der Waals surface area contributed by atoms with E-state index >= 15 is 0 Å². The fourth-order valence-corrected chi connectivity index (χ4v) is 8.63. The highest BCUT2D eigenvalue weighted by molar-refractivity contribution is 7.47. The lowest BCUT2D eigenvalue weighted by Crippen LogP contribution is -2.45. The van der Waals surface area contributed by atoms with E-state index in [2.05, 4.69) is 55.6 Å². The van der Waals surface area contributed by atoms with E-state index in [1.807, 2.05) is 27.2 Å². The number of unbranched alkanes of at least 4 members (excludes halogenated alkanes) is 31. The van der Waals surface area contributed by atoms with E-state index in [9.17, 15) is 19.4 Å². The molecule has 0 radical (unpaired) electrons. The topological polar surface area (TPSA) is 105 Å². The van der Waals surface area contributed by atoms with Crippen molar-refractivity contribution in [3.8, 4) is 0 Å². The second kappa shape index (κ2) is 47.5. The number of amides is 1. The van der Waals surface area contributed by atoms with E-state index in [0.717, 1.165) is 44.9 Å². The van der Waals surface area contributed by atoms with Crippen LogP contribution < -0.4 is 5.32 Å². The number of hydrogen-bond acceptors (Lipinski definition) is 5. The third-order valence-electron chi connectivity index (χ3n) is 12.2. The molecule has 1 amide bonds. The van der Waals surface area contributed by atoms with Gasteiger partial charge < -0.3 is 19.8 Å². The molecule has 0 aliphatic heterocycles. The maximum absolute atomic E-state index is 12.9. The Morgan fingerprint density at radius 3 is 1.23 bits per heavy atom. The predicted molar refractivity (Wildman–Crippen MR) is 281 cm³/mol. The maximum atomic E-state index is 12.9. The Hall–Kier alpha value is -1.54. The van der Waals surface area contributed by atoms with E-state index in [1.165, 1.54) is 186 Å². The van der Waals surface area contributed by atoms with Crippen molar-refractivity contribution in [3.05, 3.63) is 48.6 Å². The first kappa shape index (κ1) is 63.5. The molecule has 8 nitrogen and oxygen atoms in total. The van der Waals surface area contributed by atoms with Crippen molar-refractivity contribution < 1.29 is 32.9 Å². The van der Waals surface area contributed by atoms with Gasteiger partial charge in [-0.2, -0.15) is 0 Å². The Kier molecular flexibility index (Phi) is 46.4. The van der Waals surface area contributed by atoms with Gasteiger partial charge in [0.1, 0.15) is 13.2 Å². The zero-order chi connectivity index (χ0) is 47.8. The van der Waals surface area contributed by atoms with Crippen molar-refractivity contribution in [1.29, 1.82) is 0 Å². The number of rotatable bonds is 50. The van der Waals surface area contributed by atoms with Crippen LogP contribution in [0, 0.1) is 0 Å². The van der Waals surface area contributed by atoms with Crippen LogP contribution in [-0.2, 0) is 18.4 Å². The van der Waals surface area contributed by atoms with Gasteiger partial charge in [0.25, 0.3) is 0 Å². The molecule has 0 saturated carbocycles. The first-order valence-corrected chi connectivity index (χ1v) is 29.0. The Balaban J connectivity index is 4.34. The van der Waals surface area contributed by atoms with Gasteiger partial charge in [-0.3, -0.25) is 13.8 Å².